The lowest BCUT2D eigenvalue weighted by Crippen LogP contribution is -2.44. The molecule has 146 valence electrons. The summed E-state index contributed by atoms with van der Waals surface area (Å²) in [6.07, 6.45) is -0.727. The van der Waals surface area contributed by atoms with Crippen LogP contribution in [0.25, 0.3) is 0 Å². The Hall–Kier alpha value is -2.61. The second kappa shape index (κ2) is 7.96. The van der Waals surface area contributed by atoms with E-state index in [1.807, 2.05) is 0 Å². The summed E-state index contributed by atoms with van der Waals surface area (Å²) in [4.78, 5) is 49.3. The van der Waals surface area contributed by atoms with E-state index in [0.29, 0.717) is 17.1 Å². The first-order chi connectivity index (χ1) is 12.6. The summed E-state index contributed by atoms with van der Waals surface area (Å²) in [5.41, 5.74) is 0.262. The van der Waals surface area contributed by atoms with Crippen LogP contribution in [0.15, 0.2) is 18.2 Å². The second-order valence-electron chi connectivity index (χ2n) is 6.59. The zero-order valence-electron chi connectivity index (χ0n) is 15.6. The molecule has 0 aromatic heterocycles. The molecule has 0 bridgehead atoms. The number of halogens is 1. The van der Waals surface area contributed by atoms with Crippen molar-refractivity contribution in [1.82, 2.24) is 10.2 Å². The van der Waals surface area contributed by atoms with Gasteiger partial charge in [0.15, 0.2) is 6.10 Å². The Morgan fingerprint density at radius 3 is 2.63 bits per heavy atom. The molecule has 8 nitrogen and oxygen atoms in total. The van der Waals surface area contributed by atoms with Gasteiger partial charge in [-0.15, -0.1) is 0 Å². The predicted octanol–water partition coefficient (Wildman–Crippen LogP) is 2.24. The number of imide groups is 1. The van der Waals surface area contributed by atoms with E-state index >= 15 is 0 Å². The highest BCUT2D eigenvalue weighted by atomic mass is 35.5. The van der Waals surface area contributed by atoms with Crippen molar-refractivity contribution in [3.05, 3.63) is 28.8 Å². The van der Waals surface area contributed by atoms with E-state index in [-0.39, 0.29) is 0 Å². The summed E-state index contributed by atoms with van der Waals surface area (Å²) in [7, 11) is 0. The number of benzene rings is 1. The number of nitrogens with zero attached hydrogens (tertiary/aromatic N) is 1. The summed E-state index contributed by atoms with van der Waals surface area (Å²) in [6.45, 7) is 5.97. The molecule has 2 N–H and O–H groups in total. The number of carbonyl (C=O) groups excluding carboxylic acids is 4. The van der Waals surface area contributed by atoms with Crippen LogP contribution in [-0.4, -0.2) is 46.9 Å². The van der Waals surface area contributed by atoms with Gasteiger partial charge in [-0.3, -0.25) is 19.3 Å². The molecule has 0 aliphatic carbocycles. The van der Waals surface area contributed by atoms with Gasteiger partial charge in [-0.05, 0) is 44.9 Å². The lowest BCUT2D eigenvalue weighted by Gasteiger charge is -2.19. The van der Waals surface area contributed by atoms with Gasteiger partial charge in [0.2, 0.25) is 0 Å². The first-order valence-corrected chi connectivity index (χ1v) is 8.85. The minimum atomic E-state index is -1.12. The molecule has 1 fully saturated rings. The Labute approximate surface area is 162 Å². The first kappa shape index (κ1) is 20.7. The number of anilines is 1. The molecule has 1 aliphatic heterocycles. The topological polar surface area (TPSA) is 105 Å². The Morgan fingerprint density at radius 1 is 1.37 bits per heavy atom. The fourth-order valence-electron chi connectivity index (χ4n) is 2.51. The first-order valence-electron chi connectivity index (χ1n) is 8.48. The summed E-state index contributed by atoms with van der Waals surface area (Å²) in [5, 5.41) is 5.63. The highest BCUT2D eigenvalue weighted by Gasteiger charge is 2.47. The van der Waals surface area contributed by atoms with E-state index in [0.717, 1.165) is 10.5 Å². The van der Waals surface area contributed by atoms with E-state index in [4.69, 9.17) is 16.3 Å². The number of ether oxygens (including phenoxy) is 1. The molecular formula is C18H22ClN3O5. The highest BCUT2D eigenvalue weighted by Crippen LogP contribution is 2.22. The third-order valence-corrected chi connectivity index (χ3v) is 4.71. The van der Waals surface area contributed by atoms with Crippen molar-refractivity contribution in [2.24, 2.45) is 0 Å². The highest BCUT2D eigenvalue weighted by molar-refractivity contribution is 6.31. The van der Waals surface area contributed by atoms with E-state index in [2.05, 4.69) is 10.6 Å². The van der Waals surface area contributed by atoms with Crippen molar-refractivity contribution in [3.63, 3.8) is 0 Å². The van der Waals surface area contributed by atoms with Crippen LogP contribution >= 0.6 is 11.6 Å². The molecule has 2 rings (SSSR count). The molecule has 0 radical (unpaired) electrons. The van der Waals surface area contributed by atoms with Crippen LogP contribution in [-0.2, 0) is 19.1 Å². The van der Waals surface area contributed by atoms with Crippen LogP contribution in [0.3, 0.4) is 0 Å². The van der Waals surface area contributed by atoms with Gasteiger partial charge in [0.05, 0.1) is 0 Å². The third-order valence-electron chi connectivity index (χ3n) is 4.47. The summed E-state index contributed by atoms with van der Waals surface area (Å²) < 4.78 is 5.06. The maximum absolute atomic E-state index is 12.3. The molecule has 1 aromatic rings. The van der Waals surface area contributed by atoms with Gasteiger partial charge in [-0.1, -0.05) is 24.6 Å². The van der Waals surface area contributed by atoms with Gasteiger partial charge in [-0.2, -0.15) is 0 Å². The standard InChI is InChI=1S/C18H22ClN3O5/c1-5-18(4)16(25)22(17(26)21-18)9-14(23)27-11(3)15(24)20-13-8-12(19)7-6-10(13)2/h6-8,11H,5,9H2,1-4H3,(H,20,24)(H,21,26)/t11-,18+/m1/s1. The van der Waals surface area contributed by atoms with Crippen molar-refractivity contribution in [3.8, 4) is 0 Å². The molecular weight excluding hydrogens is 374 g/mol. The van der Waals surface area contributed by atoms with Gasteiger partial charge < -0.3 is 15.4 Å². The van der Waals surface area contributed by atoms with Crippen molar-refractivity contribution in [2.75, 3.05) is 11.9 Å². The predicted molar refractivity (Wildman–Crippen MR) is 99.3 cm³/mol. The number of hydrogen-bond acceptors (Lipinski definition) is 5. The van der Waals surface area contributed by atoms with Crippen LogP contribution in [0.5, 0.6) is 0 Å². The minimum Gasteiger partial charge on any atom is -0.451 e. The number of amides is 4. The van der Waals surface area contributed by atoms with Gasteiger partial charge in [0.25, 0.3) is 11.8 Å². The zero-order chi connectivity index (χ0) is 20.4. The van der Waals surface area contributed by atoms with E-state index < -0.39 is 42.0 Å². The molecule has 4 amide bonds. The number of esters is 1. The van der Waals surface area contributed by atoms with Crippen LogP contribution < -0.4 is 10.6 Å². The van der Waals surface area contributed by atoms with Gasteiger partial charge in [-0.25, -0.2) is 4.79 Å². The number of aryl methyl sites for hydroxylation is 1. The van der Waals surface area contributed by atoms with E-state index in [1.54, 1.807) is 39.0 Å². The Balaban J connectivity index is 1.95. The molecule has 1 heterocycles. The SMILES string of the molecule is CC[C@]1(C)NC(=O)N(CC(=O)O[C@H](C)C(=O)Nc2cc(Cl)ccc2C)C1=O. The average molecular weight is 396 g/mol. The van der Waals surface area contributed by atoms with E-state index in [1.165, 1.54) is 6.92 Å². The van der Waals surface area contributed by atoms with Crippen molar-refractivity contribution >= 4 is 41.1 Å². The average Bonchev–Trinajstić information content (AvgIpc) is 2.81. The quantitative estimate of drug-likeness (QED) is 0.567. The molecule has 0 unspecified atom stereocenters. The smallest absolute Gasteiger partial charge is 0.327 e. The van der Waals surface area contributed by atoms with Crippen LogP contribution in [0.1, 0.15) is 32.8 Å². The lowest BCUT2D eigenvalue weighted by molar-refractivity contribution is -0.155. The summed E-state index contributed by atoms with van der Waals surface area (Å²) >= 11 is 5.91. The van der Waals surface area contributed by atoms with Crippen molar-refractivity contribution in [1.29, 1.82) is 0 Å². The molecule has 1 aliphatic rings. The fraction of sp³-hybridized carbons (Fsp3) is 0.444. The van der Waals surface area contributed by atoms with Gasteiger partial charge >= 0.3 is 12.0 Å². The fourth-order valence-corrected chi connectivity index (χ4v) is 2.68. The van der Waals surface area contributed by atoms with Crippen LogP contribution in [0.4, 0.5) is 10.5 Å². The minimum absolute atomic E-state index is 0.390. The van der Waals surface area contributed by atoms with Gasteiger partial charge in [0.1, 0.15) is 12.1 Å². The van der Waals surface area contributed by atoms with Gasteiger partial charge in [0, 0.05) is 10.7 Å². The Morgan fingerprint density at radius 2 is 2.04 bits per heavy atom. The van der Waals surface area contributed by atoms with Crippen molar-refractivity contribution in [2.45, 2.75) is 45.8 Å². The molecule has 0 spiro atoms. The Bertz CT molecular complexity index is 797. The molecule has 1 saturated heterocycles. The molecule has 2 atom stereocenters. The number of hydrogen-bond donors (Lipinski definition) is 2. The molecule has 9 heteroatoms. The zero-order valence-corrected chi connectivity index (χ0v) is 16.3. The van der Waals surface area contributed by atoms with Crippen LogP contribution in [0, 0.1) is 6.92 Å². The van der Waals surface area contributed by atoms with E-state index in [9.17, 15) is 19.2 Å². The second-order valence-corrected chi connectivity index (χ2v) is 7.02. The summed E-state index contributed by atoms with van der Waals surface area (Å²) in [5.74, 6) is -1.91. The molecule has 0 saturated carbocycles. The third kappa shape index (κ3) is 4.57. The van der Waals surface area contributed by atoms with Crippen LogP contribution in [0.2, 0.25) is 5.02 Å². The normalized spacial score (nSPS) is 20.3. The lowest BCUT2D eigenvalue weighted by atomic mass is 9.99. The monoisotopic (exact) mass is 395 g/mol. The summed E-state index contributed by atoms with van der Waals surface area (Å²) in [6, 6.07) is 4.37. The Kier molecular flexibility index (Phi) is 6.10. The largest absolute Gasteiger partial charge is 0.451 e. The maximum atomic E-state index is 12.3. The number of nitrogens with one attached hydrogen (secondary N) is 2. The van der Waals surface area contributed by atoms with Crippen molar-refractivity contribution < 1.29 is 23.9 Å². The molecule has 27 heavy (non-hydrogen) atoms. The number of urea groups is 1. The maximum Gasteiger partial charge on any atom is 0.327 e. The number of rotatable bonds is 6. The molecule has 1 aromatic carbocycles. The number of carbonyl (C=O) groups is 4.